The van der Waals surface area contributed by atoms with Crippen LogP contribution >= 0.6 is 0 Å². The molecule has 116 valence electrons. The van der Waals surface area contributed by atoms with E-state index in [0.29, 0.717) is 12.5 Å². The normalized spacial score (nSPS) is 16.7. The number of halogens is 1. The number of rotatable bonds is 4. The molecule has 1 aliphatic rings. The van der Waals surface area contributed by atoms with Gasteiger partial charge in [-0.15, -0.1) is 0 Å². The Kier molecular flexibility index (Phi) is 4.95. The van der Waals surface area contributed by atoms with Crippen LogP contribution in [-0.4, -0.2) is 20.9 Å². The zero-order valence-electron chi connectivity index (χ0n) is 11.6. The molecule has 3 N–H and O–H groups in total. The first kappa shape index (κ1) is 15.9. The first-order valence-corrected chi connectivity index (χ1v) is 8.53. The largest absolute Gasteiger partial charge is 0.352 e. The maximum absolute atomic E-state index is 13.4. The summed E-state index contributed by atoms with van der Waals surface area (Å²) in [7, 11) is -4.18. The van der Waals surface area contributed by atoms with E-state index in [1.54, 1.807) is 0 Å². The smallest absolute Gasteiger partial charge is 0.251 e. The predicted octanol–water partition coefficient (Wildman–Crippen LogP) is 1.78. The maximum atomic E-state index is 13.4. The average molecular weight is 314 g/mol. The van der Waals surface area contributed by atoms with Crippen LogP contribution in [0.15, 0.2) is 23.1 Å². The standard InChI is InChI=1S/C14H19FN2O3S/c15-12-7-6-11(8-13(12)21(16,19)20)14(18)17-9-10-4-2-1-3-5-10/h6-8,10H,1-5,9H2,(H,17,18)(H2,16,19,20). The molecule has 0 spiro atoms. The van der Waals surface area contributed by atoms with Crippen molar-refractivity contribution in [2.24, 2.45) is 11.1 Å². The molecule has 1 aromatic rings. The molecule has 0 radical (unpaired) electrons. The van der Waals surface area contributed by atoms with Gasteiger partial charge in [-0.05, 0) is 37.0 Å². The van der Waals surface area contributed by atoms with Gasteiger partial charge in [-0.25, -0.2) is 17.9 Å². The minimum absolute atomic E-state index is 0.0937. The summed E-state index contributed by atoms with van der Waals surface area (Å²) in [6.45, 7) is 0.556. The van der Waals surface area contributed by atoms with E-state index in [1.807, 2.05) is 0 Å². The summed E-state index contributed by atoms with van der Waals surface area (Å²) in [6.07, 6.45) is 5.76. The second-order valence-electron chi connectivity index (χ2n) is 5.40. The van der Waals surface area contributed by atoms with Crippen molar-refractivity contribution < 1.29 is 17.6 Å². The van der Waals surface area contributed by atoms with Crippen LogP contribution in [0.3, 0.4) is 0 Å². The SMILES string of the molecule is NS(=O)(=O)c1cc(C(=O)NCC2CCCCC2)ccc1F. The molecule has 1 saturated carbocycles. The van der Waals surface area contributed by atoms with Gasteiger partial charge in [-0.2, -0.15) is 0 Å². The van der Waals surface area contributed by atoms with Crippen molar-refractivity contribution in [1.82, 2.24) is 5.32 Å². The van der Waals surface area contributed by atoms with Crippen molar-refractivity contribution in [2.45, 2.75) is 37.0 Å². The van der Waals surface area contributed by atoms with Crippen LogP contribution in [0.2, 0.25) is 0 Å². The highest BCUT2D eigenvalue weighted by atomic mass is 32.2. The minimum Gasteiger partial charge on any atom is -0.352 e. The molecule has 1 amide bonds. The fraction of sp³-hybridized carbons (Fsp3) is 0.500. The van der Waals surface area contributed by atoms with E-state index in [0.717, 1.165) is 25.0 Å². The van der Waals surface area contributed by atoms with E-state index in [2.05, 4.69) is 5.32 Å². The Balaban J connectivity index is 2.05. The van der Waals surface area contributed by atoms with Crippen molar-refractivity contribution in [3.05, 3.63) is 29.6 Å². The third-order valence-corrected chi connectivity index (χ3v) is 4.70. The Bertz CT molecular complexity index is 625. The van der Waals surface area contributed by atoms with Crippen molar-refractivity contribution >= 4 is 15.9 Å². The number of nitrogens with two attached hydrogens (primary N) is 1. The van der Waals surface area contributed by atoms with E-state index in [1.165, 1.54) is 25.3 Å². The lowest BCUT2D eigenvalue weighted by Crippen LogP contribution is -2.30. The molecule has 2 rings (SSSR count). The van der Waals surface area contributed by atoms with E-state index in [-0.39, 0.29) is 5.56 Å². The van der Waals surface area contributed by atoms with Crippen molar-refractivity contribution in [3.8, 4) is 0 Å². The molecule has 21 heavy (non-hydrogen) atoms. The highest BCUT2D eigenvalue weighted by Crippen LogP contribution is 2.23. The van der Waals surface area contributed by atoms with Gasteiger partial charge in [0.1, 0.15) is 10.7 Å². The quantitative estimate of drug-likeness (QED) is 0.888. The first-order chi connectivity index (χ1) is 9.88. The zero-order valence-corrected chi connectivity index (χ0v) is 12.5. The van der Waals surface area contributed by atoms with E-state index < -0.39 is 26.6 Å². The average Bonchev–Trinajstić information content (AvgIpc) is 2.45. The summed E-state index contributed by atoms with van der Waals surface area (Å²) >= 11 is 0. The van der Waals surface area contributed by atoms with Gasteiger partial charge in [0.05, 0.1) is 0 Å². The van der Waals surface area contributed by atoms with Gasteiger partial charge in [-0.3, -0.25) is 4.79 Å². The summed E-state index contributed by atoms with van der Waals surface area (Å²) in [4.78, 5) is 11.3. The lowest BCUT2D eigenvalue weighted by atomic mass is 9.89. The highest BCUT2D eigenvalue weighted by Gasteiger charge is 2.19. The summed E-state index contributed by atoms with van der Waals surface area (Å²) in [5, 5.41) is 7.69. The maximum Gasteiger partial charge on any atom is 0.251 e. The number of carbonyl (C=O) groups excluding carboxylic acids is 1. The van der Waals surface area contributed by atoms with Gasteiger partial charge in [0.2, 0.25) is 10.0 Å². The predicted molar refractivity (Wildman–Crippen MR) is 76.7 cm³/mol. The van der Waals surface area contributed by atoms with Gasteiger partial charge < -0.3 is 5.32 Å². The number of nitrogens with one attached hydrogen (secondary N) is 1. The number of hydrogen-bond acceptors (Lipinski definition) is 3. The molecular formula is C14H19FN2O3S. The summed E-state index contributed by atoms with van der Waals surface area (Å²) in [5.41, 5.74) is 0.0937. The molecule has 5 nitrogen and oxygen atoms in total. The first-order valence-electron chi connectivity index (χ1n) is 6.98. The van der Waals surface area contributed by atoms with Crippen LogP contribution in [0, 0.1) is 11.7 Å². The lowest BCUT2D eigenvalue weighted by molar-refractivity contribution is 0.0943. The second-order valence-corrected chi connectivity index (χ2v) is 6.93. The Labute approximate surface area is 123 Å². The lowest BCUT2D eigenvalue weighted by Gasteiger charge is -2.21. The van der Waals surface area contributed by atoms with Crippen LogP contribution in [0.5, 0.6) is 0 Å². The minimum atomic E-state index is -4.18. The van der Waals surface area contributed by atoms with Crippen LogP contribution in [0.4, 0.5) is 4.39 Å². The van der Waals surface area contributed by atoms with Gasteiger partial charge >= 0.3 is 0 Å². The molecule has 1 aromatic carbocycles. The monoisotopic (exact) mass is 314 g/mol. The highest BCUT2D eigenvalue weighted by molar-refractivity contribution is 7.89. The Morgan fingerprint density at radius 1 is 1.29 bits per heavy atom. The molecule has 0 bridgehead atoms. The molecule has 7 heteroatoms. The third-order valence-electron chi connectivity index (χ3n) is 3.78. The molecule has 0 atom stereocenters. The fourth-order valence-electron chi connectivity index (χ4n) is 2.59. The molecular weight excluding hydrogens is 295 g/mol. The number of sulfonamides is 1. The van der Waals surface area contributed by atoms with E-state index >= 15 is 0 Å². The topological polar surface area (TPSA) is 89.3 Å². The van der Waals surface area contributed by atoms with Gasteiger partial charge in [0.25, 0.3) is 5.91 Å². The van der Waals surface area contributed by atoms with E-state index in [9.17, 15) is 17.6 Å². The Morgan fingerprint density at radius 2 is 1.95 bits per heavy atom. The zero-order chi connectivity index (χ0) is 15.5. The van der Waals surface area contributed by atoms with Crippen molar-refractivity contribution in [1.29, 1.82) is 0 Å². The molecule has 1 aliphatic carbocycles. The number of primary sulfonamides is 1. The third kappa shape index (κ3) is 4.25. The fourth-order valence-corrected chi connectivity index (χ4v) is 3.22. The number of carbonyl (C=O) groups is 1. The Hall–Kier alpha value is -1.47. The Morgan fingerprint density at radius 3 is 2.57 bits per heavy atom. The van der Waals surface area contributed by atoms with Gasteiger partial charge in [0, 0.05) is 12.1 Å². The van der Waals surface area contributed by atoms with Crippen LogP contribution in [-0.2, 0) is 10.0 Å². The number of hydrogen-bond donors (Lipinski definition) is 2. The second kappa shape index (κ2) is 6.53. The molecule has 0 saturated heterocycles. The molecule has 0 aromatic heterocycles. The van der Waals surface area contributed by atoms with Gasteiger partial charge in [0.15, 0.2) is 0 Å². The molecule has 0 unspecified atom stereocenters. The number of benzene rings is 1. The van der Waals surface area contributed by atoms with Crippen LogP contribution in [0.25, 0.3) is 0 Å². The number of amides is 1. The van der Waals surface area contributed by atoms with Gasteiger partial charge in [-0.1, -0.05) is 19.3 Å². The summed E-state index contributed by atoms with van der Waals surface area (Å²) in [5.74, 6) is -0.910. The summed E-state index contributed by atoms with van der Waals surface area (Å²) < 4.78 is 35.9. The van der Waals surface area contributed by atoms with Crippen molar-refractivity contribution in [2.75, 3.05) is 6.54 Å². The molecule has 0 heterocycles. The van der Waals surface area contributed by atoms with E-state index in [4.69, 9.17) is 5.14 Å². The molecule has 1 fully saturated rings. The van der Waals surface area contributed by atoms with Crippen LogP contribution in [0.1, 0.15) is 42.5 Å². The van der Waals surface area contributed by atoms with Crippen LogP contribution < -0.4 is 10.5 Å². The molecule has 0 aliphatic heterocycles. The summed E-state index contributed by atoms with van der Waals surface area (Å²) in [6, 6.07) is 3.16. The van der Waals surface area contributed by atoms with Crippen molar-refractivity contribution in [3.63, 3.8) is 0 Å².